The molecule has 1 atom stereocenters. The topological polar surface area (TPSA) is 84.6 Å². The molecule has 0 aliphatic rings. The smallest absolute Gasteiger partial charge is 0.253 e. The van der Waals surface area contributed by atoms with Crippen molar-refractivity contribution in [3.63, 3.8) is 0 Å². The van der Waals surface area contributed by atoms with Gasteiger partial charge in [-0.2, -0.15) is 0 Å². The Morgan fingerprint density at radius 2 is 2.17 bits per heavy atom. The number of amides is 1. The summed E-state index contributed by atoms with van der Waals surface area (Å²) in [6, 6.07) is 4.73. The molecular weight excluding hydrogens is 232 g/mol. The van der Waals surface area contributed by atoms with Gasteiger partial charge in [0.1, 0.15) is 5.75 Å². The molecule has 0 radical (unpaired) electrons. The highest BCUT2D eigenvalue weighted by molar-refractivity contribution is 6.00. The van der Waals surface area contributed by atoms with E-state index < -0.39 is 0 Å². The van der Waals surface area contributed by atoms with Crippen LogP contribution in [-0.2, 0) is 0 Å². The first-order valence-electron chi connectivity index (χ1n) is 5.85. The molecule has 0 fully saturated rings. The summed E-state index contributed by atoms with van der Waals surface area (Å²) < 4.78 is 5.06. The van der Waals surface area contributed by atoms with E-state index in [9.17, 15) is 9.90 Å². The molecule has 100 valence electrons. The molecule has 0 heterocycles. The average molecular weight is 252 g/mol. The van der Waals surface area contributed by atoms with Crippen LogP contribution in [0.2, 0.25) is 0 Å². The number of carbonyl (C=O) groups excluding carboxylic acids is 1. The van der Waals surface area contributed by atoms with E-state index in [0.717, 1.165) is 0 Å². The minimum absolute atomic E-state index is 0.104. The summed E-state index contributed by atoms with van der Waals surface area (Å²) in [7, 11) is 1.50. The van der Waals surface area contributed by atoms with Crippen molar-refractivity contribution in [2.75, 3.05) is 19.5 Å². The maximum Gasteiger partial charge on any atom is 0.253 e. The predicted molar refractivity (Wildman–Crippen MR) is 70.6 cm³/mol. The number of nitrogens with two attached hydrogens (primary N) is 1. The van der Waals surface area contributed by atoms with Crippen LogP contribution in [0.5, 0.6) is 5.75 Å². The summed E-state index contributed by atoms with van der Waals surface area (Å²) in [6.45, 7) is 3.75. The molecular formula is C13H20N2O3. The number of rotatable bonds is 5. The van der Waals surface area contributed by atoms with E-state index >= 15 is 0 Å². The second-order valence-electron chi connectivity index (χ2n) is 4.43. The minimum atomic E-state index is -0.306. The molecule has 0 spiro atoms. The van der Waals surface area contributed by atoms with Gasteiger partial charge in [-0.15, -0.1) is 0 Å². The fourth-order valence-corrected chi connectivity index (χ4v) is 1.59. The number of anilines is 1. The molecule has 5 heteroatoms. The maximum absolute atomic E-state index is 12.0. The quantitative estimate of drug-likeness (QED) is 0.683. The third-order valence-electron chi connectivity index (χ3n) is 2.85. The van der Waals surface area contributed by atoms with Crippen LogP contribution in [0.25, 0.3) is 0 Å². The van der Waals surface area contributed by atoms with Crippen LogP contribution in [0, 0.1) is 5.92 Å². The zero-order valence-electron chi connectivity index (χ0n) is 10.9. The van der Waals surface area contributed by atoms with Gasteiger partial charge in [0, 0.05) is 0 Å². The number of carbonyl (C=O) groups is 1. The second-order valence-corrected chi connectivity index (χ2v) is 4.43. The zero-order chi connectivity index (χ0) is 13.7. The van der Waals surface area contributed by atoms with Crippen molar-refractivity contribution in [3.05, 3.63) is 23.8 Å². The number of hydrogen-bond acceptors (Lipinski definition) is 4. The van der Waals surface area contributed by atoms with E-state index in [1.54, 1.807) is 18.2 Å². The van der Waals surface area contributed by atoms with Crippen molar-refractivity contribution in [1.29, 1.82) is 0 Å². The van der Waals surface area contributed by atoms with E-state index in [1.807, 2.05) is 13.8 Å². The van der Waals surface area contributed by atoms with Crippen LogP contribution in [-0.4, -0.2) is 30.8 Å². The van der Waals surface area contributed by atoms with Crippen LogP contribution in [0.15, 0.2) is 18.2 Å². The zero-order valence-corrected chi connectivity index (χ0v) is 10.9. The fraction of sp³-hybridized carbons (Fsp3) is 0.462. The Labute approximate surface area is 107 Å². The number of ether oxygens (including phenoxy) is 1. The Morgan fingerprint density at radius 3 is 2.67 bits per heavy atom. The summed E-state index contributed by atoms with van der Waals surface area (Å²) in [6.07, 6.45) is 0. The first-order chi connectivity index (χ1) is 8.51. The van der Waals surface area contributed by atoms with Crippen molar-refractivity contribution in [1.82, 2.24) is 5.32 Å². The first kappa shape index (κ1) is 14.3. The molecule has 0 bridgehead atoms. The molecule has 1 aromatic rings. The summed E-state index contributed by atoms with van der Waals surface area (Å²) >= 11 is 0. The molecule has 1 aromatic carbocycles. The summed E-state index contributed by atoms with van der Waals surface area (Å²) in [5.74, 6) is 0.303. The first-order valence-corrected chi connectivity index (χ1v) is 5.85. The van der Waals surface area contributed by atoms with Crippen LogP contribution in [0.4, 0.5) is 5.69 Å². The van der Waals surface area contributed by atoms with Crippen molar-refractivity contribution >= 4 is 11.6 Å². The lowest BCUT2D eigenvalue weighted by molar-refractivity contribution is 0.0897. The molecule has 0 saturated carbocycles. The Hall–Kier alpha value is -1.75. The number of aliphatic hydroxyl groups excluding tert-OH is 1. The van der Waals surface area contributed by atoms with Gasteiger partial charge in [-0.3, -0.25) is 4.79 Å². The highest BCUT2D eigenvalue weighted by atomic mass is 16.5. The summed E-state index contributed by atoms with van der Waals surface area (Å²) in [4.78, 5) is 12.0. The van der Waals surface area contributed by atoms with Crippen LogP contribution in [0.1, 0.15) is 24.2 Å². The third kappa shape index (κ3) is 3.13. The van der Waals surface area contributed by atoms with Gasteiger partial charge >= 0.3 is 0 Å². The number of aliphatic hydroxyl groups is 1. The minimum Gasteiger partial charge on any atom is -0.495 e. The van der Waals surface area contributed by atoms with Gasteiger partial charge < -0.3 is 20.9 Å². The standard InChI is InChI=1S/C13H20N2O3/c1-8(2)10(7-16)15-13(17)9-5-4-6-11(18-3)12(9)14/h4-6,8,10,16H,7,14H2,1-3H3,(H,15,17). The molecule has 1 rings (SSSR count). The lowest BCUT2D eigenvalue weighted by atomic mass is 10.0. The largest absolute Gasteiger partial charge is 0.495 e. The molecule has 0 aliphatic carbocycles. The number of methoxy groups -OCH3 is 1. The van der Waals surface area contributed by atoms with Crippen LogP contribution in [0.3, 0.4) is 0 Å². The predicted octanol–water partition coefficient (Wildman–Crippen LogP) is 1.02. The maximum atomic E-state index is 12.0. The van der Waals surface area contributed by atoms with Crippen molar-refractivity contribution < 1.29 is 14.6 Å². The molecule has 1 amide bonds. The lowest BCUT2D eigenvalue weighted by Gasteiger charge is -2.20. The molecule has 1 unspecified atom stereocenters. The second kappa shape index (κ2) is 6.26. The van der Waals surface area contributed by atoms with Gasteiger partial charge in [-0.25, -0.2) is 0 Å². The molecule has 5 nitrogen and oxygen atoms in total. The molecule has 4 N–H and O–H groups in total. The Kier molecular flexibility index (Phi) is 4.97. The Balaban J connectivity index is 2.91. The van der Waals surface area contributed by atoms with Gasteiger partial charge in [-0.1, -0.05) is 19.9 Å². The monoisotopic (exact) mass is 252 g/mol. The van der Waals surface area contributed by atoms with Gasteiger partial charge in [-0.05, 0) is 18.1 Å². The van der Waals surface area contributed by atoms with Crippen molar-refractivity contribution in [2.24, 2.45) is 5.92 Å². The SMILES string of the molecule is COc1cccc(C(=O)NC(CO)C(C)C)c1N. The molecule has 0 aromatic heterocycles. The van der Waals surface area contributed by atoms with Gasteiger partial charge in [0.2, 0.25) is 0 Å². The van der Waals surface area contributed by atoms with Gasteiger partial charge in [0.05, 0.1) is 31.0 Å². The Morgan fingerprint density at radius 1 is 1.50 bits per heavy atom. The van der Waals surface area contributed by atoms with E-state index in [1.165, 1.54) is 7.11 Å². The van der Waals surface area contributed by atoms with Crippen molar-refractivity contribution in [2.45, 2.75) is 19.9 Å². The van der Waals surface area contributed by atoms with Crippen LogP contribution >= 0.6 is 0 Å². The normalized spacial score (nSPS) is 12.3. The van der Waals surface area contributed by atoms with E-state index in [0.29, 0.717) is 17.0 Å². The number of benzene rings is 1. The fourth-order valence-electron chi connectivity index (χ4n) is 1.59. The van der Waals surface area contributed by atoms with E-state index in [-0.39, 0.29) is 24.5 Å². The molecule has 0 aliphatic heterocycles. The highest BCUT2D eigenvalue weighted by Gasteiger charge is 2.18. The number of para-hydroxylation sites is 1. The van der Waals surface area contributed by atoms with Gasteiger partial charge in [0.15, 0.2) is 0 Å². The highest BCUT2D eigenvalue weighted by Crippen LogP contribution is 2.24. The van der Waals surface area contributed by atoms with E-state index in [2.05, 4.69) is 5.32 Å². The van der Waals surface area contributed by atoms with Crippen molar-refractivity contribution in [3.8, 4) is 5.75 Å². The molecule has 18 heavy (non-hydrogen) atoms. The third-order valence-corrected chi connectivity index (χ3v) is 2.85. The summed E-state index contributed by atoms with van der Waals surface area (Å²) in [5, 5.41) is 11.9. The number of hydrogen-bond donors (Lipinski definition) is 3. The van der Waals surface area contributed by atoms with Gasteiger partial charge in [0.25, 0.3) is 5.91 Å². The number of nitrogens with one attached hydrogen (secondary N) is 1. The lowest BCUT2D eigenvalue weighted by Crippen LogP contribution is -2.41. The van der Waals surface area contributed by atoms with Crippen LogP contribution < -0.4 is 15.8 Å². The van der Waals surface area contributed by atoms with E-state index in [4.69, 9.17) is 10.5 Å². The Bertz CT molecular complexity index is 419. The number of nitrogen functional groups attached to an aromatic ring is 1. The summed E-state index contributed by atoms with van der Waals surface area (Å²) in [5.41, 5.74) is 6.50. The average Bonchev–Trinajstić information content (AvgIpc) is 2.35. The molecule has 0 saturated heterocycles.